The maximum absolute atomic E-state index is 12.3. The molecule has 0 aromatic carbocycles. The van der Waals surface area contributed by atoms with Crippen LogP contribution < -0.4 is 0 Å². The Morgan fingerprint density at radius 3 is 2.47 bits per heavy atom. The second kappa shape index (κ2) is 6.23. The summed E-state index contributed by atoms with van der Waals surface area (Å²) >= 11 is 3.36. The van der Waals surface area contributed by atoms with E-state index in [1.54, 1.807) is 20.0 Å². The number of hydrogen-bond donors (Lipinski definition) is 1. The van der Waals surface area contributed by atoms with Crippen molar-refractivity contribution in [3.8, 4) is 0 Å². The van der Waals surface area contributed by atoms with Crippen molar-refractivity contribution in [2.45, 2.75) is 26.8 Å². The van der Waals surface area contributed by atoms with Gasteiger partial charge >= 0.3 is 5.97 Å². The van der Waals surface area contributed by atoms with Gasteiger partial charge in [-0.05, 0) is 35.8 Å². The van der Waals surface area contributed by atoms with Crippen LogP contribution in [0, 0.1) is 5.92 Å². The van der Waals surface area contributed by atoms with Gasteiger partial charge < -0.3 is 14.6 Å². The molecule has 0 bridgehead atoms. The van der Waals surface area contributed by atoms with E-state index in [0.717, 1.165) is 4.47 Å². The lowest BCUT2D eigenvalue weighted by Gasteiger charge is -2.21. The molecule has 0 saturated heterocycles. The van der Waals surface area contributed by atoms with Crippen LogP contribution in [-0.4, -0.2) is 40.0 Å². The quantitative estimate of drug-likeness (QED) is 0.902. The Kier molecular flexibility index (Phi) is 5.17. The van der Waals surface area contributed by atoms with Gasteiger partial charge in [-0.3, -0.25) is 9.59 Å². The fourth-order valence-electron chi connectivity index (χ4n) is 1.81. The molecule has 0 aliphatic heterocycles. The Morgan fingerprint density at radius 2 is 2.00 bits per heavy atom. The Balaban J connectivity index is 2.91. The van der Waals surface area contributed by atoms with Crippen LogP contribution in [-0.2, 0) is 4.79 Å². The highest BCUT2D eigenvalue weighted by Gasteiger charge is 2.22. The minimum atomic E-state index is -0.903. The van der Waals surface area contributed by atoms with E-state index in [2.05, 4.69) is 15.9 Å². The summed E-state index contributed by atoms with van der Waals surface area (Å²) in [5.41, 5.74) is 0.557. The molecule has 0 fully saturated rings. The number of aliphatic carboxylic acids is 1. The van der Waals surface area contributed by atoms with Crippen LogP contribution in [0.5, 0.6) is 0 Å². The summed E-state index contributed by atoms with van der Waals surface area (Å²) in [4.78, 5) is 24.6. The maximum Gasteiger partial charge on any atom is 0.308 e. The van der Waals surface area contributed by atoms with Gasteiger partial charge in [0.1, 0.15) is 5.69 Å². The summed E-state index contributed by atoms with van der Waals surface area (Å²) in [6.07, 6.45) is 1.85. The molecule has 1 rings (SSSR count). The number of hydrogen-bond acceptors (Lipinski definition) is 2. The Labute approximate surface area is 121 Å². The second-order valence-electron chi connectivity index (χ2n) is 4.97. The number of carbonyl (C=O) groups excluding carboxylic acids is 1. The summed E-state index contributed by atoms with van der Waals surface area (Å²) in [5, 5.41) is 8.88. The first kappa shape index (κ1) is 15.8. The molecule has 1 aromatic rings. The predicted molar refractivity (Wildman–Crippen MR) is 76.3 cm³/mol. The average molecular weight is 331 g/mol. The normalized spacial score (nSPS) is 12.5. The molecule has 1 aromatic heterocycles. The van der Waals surface area contributed by atoms with Crippen LogP contribution in [0.15, 0.2) is 16.7 Å². The van der Waals surface area contributed by atoms with Crippen molar-refractivity contribution in [1.29, 1.82) is 0 Å². The van der Waals surface area contributed by atoms with Crippen LogP contribution in [0.4, 0.5) is 0 Å². The standard InChI is InChI=1S/C13H19BrN2O3/c1-8(2)16-7-10(14)5-11(16)12(17)15(4)6-9(3)13(18)19/h5,7-9H,6H2,1-4H3,(H,18,19). The zero-order valence-electron chi connectivity index (χ0n) is 11.6. The fourth-order valence-corrected chi connectivity index (χ4v) is 2.25. The minimum Gasteiger partial charge on any atom is -0.481 e. The van der Waals surface area contributed by atoms with E-state index in [1.165, 1.54) is 4.90 Å². The first-order valence-corrected chi connectivity index (χ1v) is 6.89. The van der Waals surface area contributed by atoms with Crippen LogP contribution in [0.1, 0.15) is 37.3 Å². The number of halogens is 1. The molecule has 1 N–H and O–H groups in total. The van der Waals surface area contributed by atoms with Crippen molar-refractivity contribution in [3.63, 3.8) is 0 Å². The molecule has 0 radical (unpaired) electrons. The number of amides is 1. The molecule has 1 atom stereocenters. The monoisotopic (exact) mass is 330 g/mol. The lowest BCUT2D eigenvalue weighted by molar-refractivity contribution is -0.141. The number of carbonyl (C=O) groups is 2. The van der Waals surface area contributed by atoms with Gasteiger partial charge in [-0.25, -0.2) is 0 Å². The predicted octanol–water partition coefficient (Wildman–Crippen LogP) is 2.62. The number of carboxylic acids is 1. The van der Waals surface area contributed by atoms with Crippen molar-refractivity contribution in [3.05, 3.63) is 22.4 Å². The number of aromatic nitrogens is 1. The summed E-state index contributed by atoms with van der Waals surface area (Å²) in [5.74, 6) is -1.66. The zero-order valence-corrected chi connectivity index (χ0v) is 13.1. The molecule has 1 unspecified atom stereocenters. The molecule has 5 nitrogen and oxygen atoms in total. The van der Waals surface area contributed by atoms with Gasteiger partial charge in [0.25, 0.3) is 5.91 Å². The number of nitrogens with zero attached hydrogens (tertiary/aromatic N) is 2. The molecule has 0 saturated carbocycles. The minimum absolute atomic E-state index is 0.163. The van der Waals surface area contributed by atoms with Gasteiger partial charge in [-0.1, -0.05) is 6.92 Å². The van der Waals surface area contributed by atoms with E-state index >= 15 is 0 Å². The summed E-state index contributed by atoms with van der Waals surface area (Å²) < 4.78 is 2.71. The highest BCUT2D eigenvalue weighted by molar-refractivity contribution is 9.10. The van der Waals surface area contributed by atoms with Crippen molar-refractivity contribution in [1.82, 2.24) is 9.47 Å². The average Bonchev–Trinajstić information content (AvgIpc) is 2.70. The van der Waals surface area contributed by atoms with Crippen molar-refractivity contribution in [2.24, 2.45) is 5.92 Å². The largest absolute Gasteiger partial charge is 0.481 e. The van der Waals surface area contributed by atoms with Gasteiger partial charge in [0.2, 0.25) is 0 Å². The molecule has 0 spiro atoms. The highest BCUT2D eigenvalue weighted by atomic mass is 79.9. The van der Waals surface area contributed by atoms with E-state index in [9.17, 15) is 9.59 Å². The Morgan fingerprint density at radius 1 is 1.42 bits per heavy atom. The van der Waals surface area contributed by atoms with Gasteiger partial charge in [-0.2, -0.15) is 0 Å². The molecule has 106 valence electrons. The molecule has 6 heteroatoms. The lowest BCUT2D eigenvalue weighted by atomic mass is 10.1. The first-order chi connectivity index (χ1) is 8.73. The molecule has 19 heavy (non-hydrogen) atoms. The van der Waals surface area contributed by atoms with E-state index in [-0.39, 0.29) is 18.5 Å². The van der Waals surface area contributed by atoms with E-state index in [4.69, 9.17) is 5.11 Å². The summed E-state index contributed by atoms with van der Waals surface area (Å²) in [6.45, 7) is 5.75. The van der Waals surface area contributed by atoms with Crippen LogP contribution in [0.2, 0.25) is 0 Å². The van der Waals surface area contributed by atoms with Crippen LogP contribution in [0.25, 0.3) is 0 Å². The van der Waals surface area contributed by atoms with Crippen molar-refractivity contribution in [2.75, 3.05) is 13.6 Å². The topological polar surface area (TPSA) is 62.5 Å². The summed E-state index contributed by atoms with van der Waals surface area (Å²) in [6, 6.07) is 1.92. The van der Waals surface area contributed by atoms with Crippen molar-refractivity contribution < 1.29 is 14.7 Å². The fraction of sp³-hybridized carbons (Fsp3) is 0.538. The molecule has 1 amide bonds. The number of rotatable bonds is 5. The third kappa shape index (κ3) is 3.83. The Bertz CT molecular complexity index is 482. The maximum atomic E-state index is 12.3. The van der Waals surface area contributed by atoms with Crippen molar-refractivity contribution >= 4 is 27.8 Å². The van der Waals surface area contributed by atoms with Gasteiger partial charge in [0.15, 0.2) is 0 Å². The molecular formula is C13H19BrN2O3. The smallest absolute Gasteiger partial charge is 0.308 e. The Hall–Kier alpha value is -1.30. The van der Waals surface area contributed by atoms with E-state index in [0.29, 0.717) is 5.69 Å². The highest BCUT2D eigenvalue weighted by Crippen LogP contribution is 2.20. The van der Waals surface area contributed by atoms with Gasteiger partial charge in [-0.15, -0.1) is 0 Å². The van der Waals surface area contributed by atoms with Gasteiger partial charge in [0, 0.05) is 30.3 Å². The molecule has 0 aliphatic rings. The number of carboxylic acid groups (broad SMARTS) is 1. The van der Waals surface area contributed by atoms with E-state index in [1.807, 2.05) is 24.6 Å². The van der Waals surface area contributed by atoms with Gasteiger partial charge in [0.05, 0.1) is 5.92 Å². The van der Waals surface area contributed by atoms with E-state index < -0.39 is 11.9 Å². The SMILES string of the molecule is CC(CN(C)C(=O)c1cc(Br)cn1C(C)C)C(=O)O. The zero-order chi connectivity index (χ0) is 14.7. The third-order valence-corrected chi connectivity index (χ3v) is 3.34. The summed E-state index contributed by atoms with van der Waals surface area (Å²) in [7, 11) is 1.62. The third-order valence-electron chi connectivity index (χ3n) is 2.91. The lowest BCUT2D eigenvalue weighted by Crippen LogP contribution is -2.34. The molecule has 0 aliphatic carbocycles. The van der Waals surface area contributed by atoms with Crippen LogP contribution in [0.3, 0.4) is 0 Å². The second-order valence-corrected chi connectivity index (χ2v) is 5.89. The van der Waals surface area contributed by atoms with Crippen LogP contribution >= 0.6 is 15.9 Å². The molecule has 1 heterocycles. The first-order valence-electron chi connectivity index (χ1n) is 6.09. The molecular weight excluding hydrogens is 312 g/mol.